The Bertz CT molecular complexity index is 437. The lowest BCUT2D eigenvalue weighted by Gasteiger charge is -2.18. The second-order valence-electron chi connectivity index (χ2n) is 4.03. The number of rotatable bonds is 7. The van der Waals surface area contributed by atoms with E-state index in [9.17, 15) is 8.78 Å². The molecule has 1 aromatic carbocycles. The van der Waals surface area contributed by atoms with Crippen molar-refractivity contribution in [3.63, 3.8) is 0 Å². The Hall–Kier alpha value is -1.60. The van der Waals surface area contributed by atoms with Gasteiger partial charge in [-0.1, -0.05) is 19.1 Å². The predicted octanol–water partition coefficient (Wildman–Crippen LogP) is 3.74. The van der Waals surface area contributed by atoms with Crippen molar-refractivity contribution < 1.29 is 13.5 Å². The van der Waals surface area contributed by atoms with E-state index < -0.39 is 6.61 Å². The van der Waals surface area contributed by atoms with E-state index in [0.717, 1.165) is 24.9 Å². The molecular weight excluding hydrogens is 248 g/mol. The highest BCUT2D eigenvalue weighted by Gasteiger charge is 2.11. The molecule has 0 spiro atoms. The van der Waals surface area contributed by atoms with Crippen molar-refractivity contribution >= 4 is 0 Å². The number of alkyl halides is 2. The maximum Gasteiger partial charge on any atom is 0.387 e. The SMILES string of the molecule is CC#CCCC(NCC)c1cccc(OC(F)F)c1. The van der Waals surface area contributed by atoms with E-state index in [2.05, 4.69) is 21.9 Å². The quantitative estimate of drug-likeness (QED) is 0.760. The molecule has 0 aromatic heterocycles. The van der Waals surface area contributed by atoms with Crippen molar-refractivity contribution in [1.82, 2.24) is 5.32 Å². The Morgan fingerprint density at radius 2 is 2.16 bits per heavy atom. The topological polar surface area (TPSA) is 21.3 Å². The lowest BCUT2D eigenvalue weighted by Crippen LogP contribution is -2.20. The molecule has 1 unspecified atom stereocenters. The number of hydrogen-bond donors (Lipinski definition) is 1. The molecule has 1 aromatic rings. The van der Waals surface area contributed by atoms with Crippen LogP contribution in [0.15, 0.2) is 24.3 Å². The zero-order chi connectivity index (χ0) is 14.1. The third kappa shape index (κ3) is 5.71. The number of halogens is 2. The van der Waals surface area contributed by atoms with Gasteiger partial charge in [-0.15, -0.1) is 11.8 Å². The Balaban J connectivity index is 2.78. The van der Waals surface area contributed by atoms with E-state index in [-0.39, 0.29) is 11.8 Å². The third-order valence-corrected chi connectivity index (χ3v) is 2.67. The van der Waals surface area contributed by atoms with Crippen LogP contribution in [-0.4, -0.2) is 13.2 Å². The summed E-state index contributed by atoms with van der Waals surface area (Å²) in [6.45, 7) is 1.83. The van der Waals surface area contributed by atoms with Crippen LogP contribution in [0.5, 0.6) is 5.75 Å². The van der Waals surface area contributed by atoms with Gasteiger partial charge in [0.05, 0.1) is 0 Å². The van der Waals surface area contributed by atoms with E-state index in [1.54, 1.807) is 19.1 Å². The van der Waals surface area contributed by atoms with Crippen LogP contribution < -0.4 is 10.1 Å². The molecule has 4 heteroatoms. The first-order chi connectivity index (χ1) is 9.17. The molecule has 0 aliphatic rings. The van der Waals surface area contributed by atoms with Gasteiger partial charge in [0, 0.05) is 12.5 Å². The number of benzene rings is 1. The van der Waals surface area contributed by atoms with Crippen LogP contribution in [0.25, 0.3) is 0 Å². The van der Waals surface area contributed by atoms with Crippen LogP contribution in [0.3, 0.4) is 0 Å². The maximum absolute atomic E-state index is 12.2. The summed E-state index contributed by atoms with van der Waals surface area (Å²) in [7, 11) is 0. The van der Waals surface area contributed by atoms with Gasteiger partial charge in [0.2, 0.25) is 0 Å². The fourth-order valence-electron chi connectivity index (χ4n) is 1.88. The maximum atomic E-state index is 12.2. The van der Waals surface area contributed by atoms with Crippen LogP contribution in [0, 0.1) is 11.8 Å². The van der Waals surface area contributed by atoms with Crippen molar-refractivity contribution in [2.75, 3.05) is 6.54 Å². The zero-order valence-corrected chi connectivity index (χ0v) is 11.2. The van der Waals surface area contributed by atoms with Crippen LogP contribution in [0.1, 0.15) is 38.3 Å². The second kappa shape index (κ2) is 8.49. The lowest BCUT2D eigenvalue weighted by molar-refractivity contribution is -0.0499. The summed E-state index contributed by atoms with van der Waals surface area (Å²) in [4.78, 5) is 0. The molecule has 0 saturated heterocycles. The molecule has 0 aliphatic carbocycles. The number of hydrogen-bond acceptors (Lipinski definition) is 2. The van der Waals surface area contributed by atoms with Crippen molar-refractivity contribution in [1.29, 1.82) is 0 Å². The Labute approximate surface area is 113 Å². The monoisotopic (exact) mass is 267 g/mol. The average molecular weight is 267 g/mol. The molecule has 0 fully saturated rings. The second-order valence-corrected chi connectivity index (χ2v) is 4.03. The summed E-state index contributed by atoms with van der Waals surface area (Å²) < 4.78 is 28.8. The van der Waals surface area contributed by atoms with Gasteiger partial charge in [-0.2, -0.15) is 8.78 Å². The van der Waals surface area contributed by atoms with Gasteiger partial charge in [-0.3, -0.25) is 0 Å². The molecular formula is C15H19F2NO. The van der Waals surface area contributed by atoms with Crippen molar-refractivity contribution in [3.8, 4) is 17.6 Å². The van der Waals surface area contributed by atoms with E-state index >= 15 is 0 Å². The van der Waals surface area contributed by atoms with E-state index in [4.69, 9.17) is 0 Å². The molecule has 0 amide bonds. The predicted molar refractivity (Wildman–Crippen MR) is 72.2 cm³/mol. The molecule has 1 atom stereocenters. The van der Waals surface area contributed by atoms with Gasteiger partial charge in [0.1, 0.15) is 5.75 Å². The summed E-state index contributed by atoms with van der Waals surface area (Å²) in [5.74, 6) is 6.06. The van der Waals surface area contributed by atoms with Gasteiger partial charge in [0.15, 0.2) is 0 Å². The van der Waals surface area contributed by atoms with Crippen LogP contribution >= 0.6 is 0 Å². The summed E-state index contributed by atoms with van der Waals surface area (Å²) in [6.07, 6.45) is 1.61. The minimum absolute atomic E-state index is 0.104. The van der Waals surface area contributed by atoms with Crippen molar-refractivity contribution in [3.05, 3.63) is 29.8 Å². The molecule has 104 valence electrons. The van der Waals surface area contributed by atoms with Crippen LogP contribution in [-0.2, 0) is 0 Å². The fourth-order valence-corrected chi connectivity index (χ4v) is 1.88. The normalized spacial score (nSPS) is 11.8. The van der Waals surface area contributed by atoms with Gasteiger partial charge >= 0.3 is 6.61 Å². The van der Waals surface area contributed by atoms with Crippen molar-refractivity contribution in [2.45, 2.75) is 39.3 Å². The first-order valence-electron chi connectivity index (χ1n) is 6.35. The highest BCUT2D eigenvalue weighted by molar-refractivity contribution is 5.30. The Kier molecular flexibility index (Phi) is 6.91. The highest BCUT2D eigenvalue weighted by Crippen LogP contribution is 2.23. The molecule has 2 nitrogen and oxygen atoms in total. The number of nitrogens with one attached hydrogen (secondary N) is 1. The summed E-state index contributed by atoms with van der Waals surface area (Å²) in [6, 6.07) is 6.92. The van der Waals surface area contributed by atoms with Gasteiger partial charge in [-0.05, 0) is 37.6 Å². The summed E-state index contributed by atoms with van der Waals surface area (Å²) in [5, 5.41) is 3.33. The standard InChI is InChI=1S/C15H19F2NO/c1-3-5-6-10-14(18-4-2)12-8-7-9-13(11-12)19-15(16)17/h7-9,11,14-15,18H,4,6,10H2,1-2H3. The zero-order valence-electron chi connectivity index (χ0n) is 11.2. The van der Waals surface area contributed by atoms with Gasteiger partial charge in [-0.25, -0.2) is 0 Å². The molecule has 1 rings (SSSR count). The minimum Gasteiger partial charge on any atom is -0.435 e. The average Bonchev–Trinajstić information content (AvgIpc) is 2.37. The largest absolute Gasteiger partial charge is 0.435 e. The Morgan fingerprint density at radius 1 is 1.37 bits per heavy atom. The summed E-state index contributed by atoms with van der Waals surface area (Å²) >= 11 is 0. The first kappa shape index (κ1) is 15.5. The first-order valence-corrected chi connectivity index (χ1v) is 6.35. The minimum atomic E-state index is -2.79. The molecule has 1 N–H and O–H groups in total. The van der Waals surface area contributed by atoms with Gasteiger partial charge < -0.3 is 10.1 Å². The summed E-state index contributed by atoms with van der Waals surface area (Å²) in [5.41, 5.74) is 0.943. The van der Waals surface area contributed by atoms with Gasteiger partial charge in [0.25, 0.3) is 0 Å². The van der Waals surface area contributed by atoms with E-state index in [1.807, 2.05) is 13.0 Å². The third-order valence-electron chi connectivity index (χ3n) is 2.67. The molecule has 0 radical (unpaired) electrons. The molecule has 0 heterocycles. The molecule has 0 bridgehead atoms. The smallest absolute Gasteiger partial charge is 0.387 e. The Morgan fingerprint density at radius 3 is 2.79 bits per heavy atom. The number of ether oxygens (including phenoxy) is 1. The molecule has 0 saturated carbocycles. The van der Waals surface area contributed by atoms with Crippen molar-refractivity contribution in [2.24, 2.45) is 0 Å². The lowest BCUT2D eigenvalue weighted by atomic mass is 10.0. The molecule has 0 aliphatic heterocycles. The van der Waals surface area contributed by atoms with E-state index in [1.165, 1.54) is 6.07 Å². The van der Waals surface area contributed by atoms with Crippen LogP contribution in [0.2, 0.25) is 0 Å². The van der Waals surface area contributed by atoms with Crippen LogP contribution in [0.4, 0.5) is 8.78 Å². The fraction of sp³-hybridized carbons (Fsp3) is 0.467. The highest BCUT2D eigenvalue weighted by atomic mass is 19.3. The van der Waals surface area contributed by atoms with E-state index in [0.29, 0.717) is 0 Å². The molecule has 19 heavy (non-hydrogen) atoms.